The lowest BCUT2D eigenvalue weighted by Crippen LogP contribution is -2.72. The van der Waals surface area contributed by atoms with E-state index in [0.29, 0.717) is 43.3 Å². The van der Waals surface area contributed by atoms with Crippen molar-refractivity contribution in [3.05, 3.63) is 34.9 Å². The minimum absolute atomic E-state index is 0.0864. The van der Waals surface area contributed by atoms with E-state index in [9.17, 15) is 75.7 Å². The Hall–Kier alpha value is -3.05. The highest BCUT2D eigenvalue weighted by atomic mass is 16.8. The first-order valence-electron chi connectivity index (χ1n) is 28.2. The molecule has 0 bridgehead atoms. The Morgan fingerprint density at radius 1 is 0.637 bits per heavy atom. The zero-order valence-corrected chi connectivity index (χ0v) is 47.5. The number of aliphatic hydroxyl groups is 11. The Morgan fingerprint density at radius 3 is 1.73 bits per heavy atom. The molecule has 454 valence electrons. The summed E-state index contributed by atoms with van der Waals surface area (Å²) in [5.74, 6) is -3.87. The Bertz CT molecular complexity index is 2380. The van der Waals surface area contributed by atoms with Crippen LogP contribution in [0.4, 0.5) is 0 Å². The smallest absolute Gasteiger partial charge is 0.335 e. The Kier molecular flexibility index (Phi) is 18.2. The van der Waals surface area contributed by atoms with Crippen molar-refractivity contribution in [2.24, 2.45) is 50.2 Å². The summed E-state index contributed by atoms with van der Waals surface area (Å²) < 4.78 is 49.0. The quantitative estimate of drug-likeness (QED) is 0.0453. The normalized spacial score (nSPS) is 49.3. The number of rotatable bonds is 15. The highest BCUT2D eigenvalue weighted by Crippen LogP contribution is 2.76. The number of carbonyl (C=O) groups is 3. The van der Waals surface area contributed by atoms with Gasteiger partial charge in [-0.1, -0.05) is 65.3 Å². The lowest BCUT2D eigenvalue weighted by molar-refractivity contribution is -0.387. The van der Waals surface area contributed by atoms with Crippen LogP contribution in [0.5, 0.6) is 0 Å². The van der Waals surface area contributed by atoms with Gasteiger partial charge in [0.15, 0.2) is 31.1 Å². The Balaban J connectivity index is 1.14. The predicted octanol–water partition coefficient (Wildman–Crippen LogP) is 0.264. The molecule has 0 aromatic carbocycles. The second-order valence-corrected chi connectivity index (χ2v) is 25.8. The van der Waals surface area contributed by atoms with Gasteiger partial charge in [0.25, 0.3) is 0 Å². The minimum atomic E-state index is -2.15. The van der Waals surface area contributed by atoms with Gasteiger partial charge in [0.1, 0.15) is 67.1 Å². The first-order chi connectivity index (χ1) is 37.5. The van der Waals surface area contributed by atoms with Crippen LogP contribution in [0.3, 0.4) is 0 Å². The number of hydrogen-bond donors (Lipinski definition) is 12. The van der Waals surface area contributed by atoms with Crippen LogP contribution in [-0.4, -0.2) is 216 Å². The number of aliphatic hydroxyl groups excluding tert-OH is 11. The summed E-state index contributed by atoms with van der Waals surface area (Å²) in [5.41, 5.74) is -3.55. The van der Waals surface area contributed by atoms with Gasteiger partial charge >= 0.3 is 17.9 Å². The van der Waals surface area contributed by atoms with Crippen molar-refractivity contribution in [1.29, 1.82) is 0 Å². The van der Waals surface area contributed by atoms with Gasteiger partial charge in [-0.05, 0) is 107 Å². The molecule has 7 fully saturated rings. The molecule has 4 saturated carbocycles. The predicted molar refractivity (Wildman–Crippen MR) is 277 cm³/mol. The summed E-state index contributed by atoms with van der Waals surface area (Å²) in [6.45, 7) is 16.4. The Labute approximate surface area is 466 Å². The van der Waals surface area contributed by atoms with Crippen LogP contribution in [0.15, 0.2) is 34.9 Å². The summed E-state index contributed by atoms with van der Waals surface area (Å²) in [7, 11) is 0. The van der Waals surface area contributed by atoms with E-state index in [1.807, 2.05) is 20.8 Å². The standard InChI is InChI=1S/C57H88O23/c1-11-25(3)47(71)79-44-45(80-48(72)26(4)12-2)57(24-61)28(19-52(44,5)6)27-13-14-32-53(7)17-16-34(54(8,23-60)31(53)15-18-55(32,9)56(27,10)20-33(57)62)75-51-43(78-50-39(67)37(65)35(63)29(21-58)73-50)41(40(68)42(77-51)46(69)70)76-49-38(66)36(64)30(22-59)74-49/h11-13,28-45,49-51,58-68H,14-24H2,1-10H3,(H,69,70)/b25-11-,26-12-/t28?,29?,30-,31?,32?,33-,34+,35+,36+,37+,38?,39?,40-,41+,42?,43?,44+,45+,49+,50+,51-,53+,54-,55-,56-,57+/m1/s1. The van der Waals surface area contributed by atoms with E-state index < -0.39 is 193 Å². The van der Waals surface area contributed by atoms with Crippen LogP contribution in [0.25, 0.3) is 0 Å². The van der Waals surface area contributed by atoms with Crippen LogP contribution >= 0.6 is 0 Å². The van der Waals surface area contributed by atoms with Gasteiger partial charge in [0, 0.05) is 22.0 Å². The van der Waals surface area contributed by atoms with Crippen molar-refractivity contribution in [1.82, 2.24) is 0 Å². The fourth-order valence-corrected chi connectivity index (χ4v) is 16.2. The van der Waals surface area contributed by atoms with E-state index >= 15 is 0 Å². The monoisotopic (exact) mass is 1140 g/mol. The summed E-state index contributed by atoms with van der Waals surface area (Å²) in [4.78, 5) is 40.3. The molecule has 8 unspecified atom stereocenters. The van der Waals surface area contributed by atoms with Gasteiger partial charge in [-0.2, -0.15) is 0 Å². The average molecular weight is 1140 g/mol. The summed E-state index contributed by atoms with van der Waals surface area (Å²) in [5, 5.41) is 133. The molecule has 26 atom stereocenters. The molecule has 3 saturated heterocycles. The molecule has 5 aliphatic carbocycles. The molecule has 0 spiro atoms. The van der Waals surface area contributed by atoms with Gasteiger partial charge in [0.05, 0.1) is 44.1 Å². The third-order valence-electron chi connectivity index (χ3n) is 21.4. The van der Waals surface area contributed by atoms with E-state index in [2.05, 4.69) is 26.8 Å². The number of carboxylic acids is 1. The molecule has 8 rings (SSSR count). The maximum absolute atomic E-state index is 13.8. The molecule has 3 heterocycles. The fraction of sp³-hybridized carbons (Fsp3) is 0.842. The molecule has 0 aromatic heterocycles. The molecular weight excluding hydrogens is 1050 g/mol. The van der Waals surface area contributed by atoms with Crippen molar-refractivity contribution in [2.75, 3.05) is 26.4 Å². The van der Waals surface area contributed by atoms with Gasteiger partial charge in [-0.15, -0.1) is 0 Å². The molecule has 23 nitrogen and oxygen atoms in total. The third-order valence-corrected chi connectivity index (χ3v) is 21.4. The highest BCUT2D eigenvalue weighted by Gasteiger charge is 2.74. The van der Waals surface area contributed by atoms with E-state index in [-0.39, 0.29) is 24.7 Å². The Morgan fingerprint density at radius 2 is 1.19 bits per heavy atom. The SMILES string of the molecule is C/C=C(/C)C(=O)O[C@H]1[C@H](OC(=O)/C(C)=C\C)[C@@]2(CO)C(CC1(C)C)C1=CCC3[C@@]4(C)CC[C@H](O[C@@H]5OC(C(=O)O)[C@H](O)[C@H](O[C@@H]6O[C@H](CO)[C@H](O)C6O)C5O[C@@H]5OC(CO)[C@H](O)[C@H](O)C5O)[C@](C)(CO)C4CC[C@@]3(C)[C@]1(C)C[C@H]2O. The molecule has 8 aliphatic rings. The second kappa shape index (κ2) is 23.1. The summed E-state index contributed by atoms with van der Waals surface area (Å²) >= 11 is 0. The zero-order chi connectivity index (χ0) is 59.1. The molecule has 0 radical (unpaired) electrons. The summed E-state index contributed by atoms with van der Waals surface area (Å²) in [6, 6.07) is 0. The van der Waals surface area contributed by atoms with E-state index in [1.165, 1.54) is 0 Å². The molecule has 12 N–H and O–H groups in total. The van der Waals surface area contributed by atoms with Gasteiger partial charge in [-0.25, -0.2) is 14.4 Å². The van der Waals surface area contributed by atoms with E-state index in [0.717, 1.165) is 5.57 Å². The van der Waals surface area contributed by atoms with Crippen molar-refractivity contribution in [3.8, 4) is 0 Å². The molecule has 23 heteroatoms. The van der Waals surface area contributed by atoms with Crippen molar-refractivity contribution in [3.63, 3.8) is 0 Å². The van der Waals surface area contributed by atoms with Crippen LogP contribution in [0.2, 0.25) is 0 Å². The molecular formula is C57H88O23. The van der Waals surface area contributed by atoms with E-state index in [4.69, 9.17) is 37.9 Å². The summed E-state index contributed by atoms with van der Waals surface area (Å²) in [6.07, 6.45) is -21.9. The van der Waals surface area contributed by atoms with Gasteiger partial charge < -0.3 is 99.2 Å². The fourth-order valence-electron chi connectivity index (χ4n) is 16.2. The van der Waals surface area contributed by atoms with Crippen LogP contribution in [0, 0.1) is 50.2 Å². The zero-order valence-electron chi connectivity index (χ0n) is 47.5. The first kappa shape index (κ1) is 63.0. The molecule has 3 aliphatic heterocycles. The number of ether oxygens (including phenoxy) is 8. The topological polar surface area (TPSA) is 368 Å². The number of hydrogen-bond acceptors (Lipinski definition) is 22. The largest absolute Gasteiger partial charge is 0.479 e. The molecule has 80 heavy (non-hydrogen) atoms. The number of esters is 2. The van der Waals surface area contributed by atoms with E-state index in [1.54, 1.807) is 39.8 Å². The van der Waals surface area contributed by atoms with Gasteiger partial charge in [0.2, 0.25) is 0 Å². The van der Waals surface area contributed by atoms with Crippen LogP contribution < -0.4 is 0 Å². The molecule has 0 aromatic rings. The van der Waals surface area contributed by atoms with Crippen molar-refractivity contribution >= 4 is 17.9 Å². The van der Waals surface area contributed by atoms with Crippen LogP contribution in [-0.2, 0) is 52.3 Å². The maximum Gasteiger partial charge on any atom is 0.335 e. The maximum atomic E-state index is 13.8. The highest BCUT2D eigenvalue weighted by molar-refractivity contribution is 5.89. The van der Waals surface area contributed by atoms with Crippen LogP contribution in [0.1, 0.15) is 114 Å². The lowest BCUT2D eigenvalue weighted by Gasteiger charge is -2.72. The second-order valence-electron chi connectivity index (χ2n) is 25.8. The number of fused-ring (bicyclic) bond motifs is 7. The average Bonchev–Trinajstić information content (AvgIpc) is 3.85. The minimum Gasteiger partial charge on any atom is -0.479 e. The van der Waals surface area contributed by atoms with Crippen molar-refractivity contribution in [2.45, 2.75) is 225 Å². The van der Waals surface area contributed by atoms with Gasteiger partial charge in [-0.3, -0.25) is 0 Å². The lowest BCUT2D eigenvalue weighted by atomic mass is 9.33. The number of allylic oxidation sites excluding steroid dienone is 4. The number of aliphatic carboxylic acids is 1. The molecule has 0 amide bonds. The first-order valence-corrected chi connectivity index (χ1v) is 28.2. The number of carbonyl (C=O) groups excluding carboxylic acids is 2. The van der Waals surface area contributed by atoms with Crippen molar-refractivity contribution < 1.29 is 114 Å². The third kappa shape index (κ3) is 9.95. The number of carboxylic acid groups (broad SMARTS) is 1.